The number of nitrogens with one attached hydrogen (secondary N) is 1. The van der Waals surface area contributed by atoms with Crippen LogP contribution in [0.15, 0.2) is 36.4 Å². The van der Waals surface area contributed by atoms with E-state index in [9.17, 15) is 0 Å². The van der Waals surface area contributed by atoms with Gasteiger partial charge in [-0.15, -0.1) is 0 Å². The standard InChI is InChI=1S/C23H31ClN2O3/c1-18-6-3-4-7-19(18)17-29-23-15-21(24)20(14-22(23)27-2)16-25-8-5-9-26-10-12-28-13-11-26/h3-4,6-7,14-15,25H,5,8-13,16-17H2,1-2H3. The Kier molecular flexibility index (Phi) is 8.62. The molecule has 1 aliphatic rings. The minimum Gasteiger partial charge on any atom is -0.493 e. The second-order valence-corrected chi connectivity index (χ2v) is 7.70. The monoisotopic (exact) mass is 418 g/mol. The van der Waals surface area contributed by atoms with Gasteiger partial charge in [0.1, 0.15) is 6.61 Å². The summed E-state index contributed by atoms with van der Waals surface area (Å²) in [5.74, 6) is 1.37. The van der Waals surface area contributed by atoms with E-state index in [1.54, 1.807) is 7.11 Å². The zero-order valence-electron chi connectivity index (χ0n) is 17.4. The molecule has 0 bridgehead atoms. The molecule has 1 heterocycles. The van der Waals surface area contributed by atoms with Crippen molar-refractivity contribution in [3.05, 3.63) is 58.1 Å². The summed E-state index contributed by atoms with van der Waals surface area (Å²) in [4.78, 5) is 2.45. The lowest BCUT2D eigenvalue weighted by atomic mass is 10.1. The number of nitrogens with zero attached hydrogens (tertiary/aromatic N) is 1. The summed E-state index contributed by atoms with van der Waals surface area (Å²) in [7, 11) is 1.66. The van der Waals surface area contributed by atoms with Crippen LogP contribution >= 0.6 is 11.6 Å². The molecule has 0 unspecified atom stereocenters. The van der Waals surface area contributed by atoms with Gasteiger partial charge in [0.2, 0.25) is 0 Å². The molecule has 0 atom stereocenters. The summed E-state index contributed by atoms with van der Waals surface area (Å²) in [5.41, 5.74) is 3.37. The zero-order valence-corrected chi connectivity index (χ0v) is 18.1. The number of rotatable bonds is 10. The largest absolute Gasteiger partial charge is 0.493 e. The molecule has 1 saturated heterocycles. The highest BCUT2D eigenvalue weighted by Crippen LogP contribution is 2.34. The van der Waals surface area contributed by atoms with Gasteiger partial charge in [-0.3, -0.25) is 4.90 Å². The van der Waals surface area contributed by atoms with Crippen molar-refractivity contribution in [3.8, 4) is 11.5 Å². The molecule has 2 aromatic rings. The van der Waals surface area contributed by atoms with Crippen molar-refractivity contribution in [2.75, 3.05) is 46.5 Å². The molecule has 1 aliphatic heterocycles. The molecule has 5 nitrogen and oxygen atoms in total. The maximum absolute atomic E-state index is 6.51. The fraction of sp³-hybridized carbons (Fsp3) is 0.478. The minimum absolute atomic E-state index is 0.485. The van der Waals surface area contributed by atoms with E-state index in [-0.39, 0.29) is 0 Å². The normalized spacial score (nSPS) is 14.7. The maximum Gasteiger partial charge on any atom is 0.163 e. The van der Waals surface area contributed by atoms with Gasteiger partial charge in [-0.2, -0.15) is 0 Å². The van der Waals surface area contributed by atoms with Crippen molar-refractivity contribution in [2.24, 2.45) is 0 Å². The van der Waals surface area contributed by atoms with Crippen LogP contribution in [-0.2, 0) is 17.9 Å². The van der Waals surface area contributed by atoms with Crippen LogP contribution in [0.3, 0.4) is 0 Å². The van der Waals surface area contributed by atoms with Crippen LogP contribution in [-0.4, -0.2) is 51.4 Å². The molecule has 158 valence electrons. The number of benzene rings is 2. The van der Waals surface area contributed by atoms with Crippen LogP contribution in [0.5, 0.6) is 11.5 Å². The van der Waals surface area contributed by atoms with Crippen LogP contribution in [0.4, 0.5) is 0 Å². The first-order chi connectivity index (χ1) is 14.2. The van der Waals surface area contributed by atoms with Gasteiger partial charge >= 0.3 is 0 Å². The van der Waals surface area contributed by atoms with Gasteiger partial charge in [0.15, 0.2) is 11.5 Å². The Bertz CT molecular complexity index is 779. The number of hydrogen-bond acceptors (Lipinski definition) is 5. The number of methoxy groups -OCH3 is 1. The second kappa shape index (κ2) is 11.4. The highest BCUT2D eigenvalue weighted by molar-refractivity contribution is 6.31. The number of aryl methyl sites for hydroxylation is 1. The Balaban J connectivity index is 1.50. The van der Waals surface area contributed by atoms with E-state index in [1.807, 2.05) is 24.3 Å². The van der Waals surface area contributed by atoms with Crippen LogP contribution in [0.2, 0.25) is 5.02 Å². The van der Waals surface area contributed by atoms with Gasteiger partial charge < -0.3 is 19.5 Å². The van der Waals surface area contributed by atoms with Crippen LogP contribution < -0.4 is 14.8 Å². The molecule has 0 radical (unpaired) electrons. The lowest BCUT2D eigenvalue weighted by Crippen LogP contribution is -2.37. The number of ether oxygens (including phenoxy) is 3. The maximum atomic E-state index is 6.51. The fourth-order valence-electron chi connectivity index (χ4n) is 3.39. The average molecular weight is 419 g/mol. The van der Waals surface area contributed by atoms with Gasteiger partial charge in [-0.05, 0) is 49.2 Å². The Morgan fingerprint density at radius 1 is 1.10 bits per heavy atom. The molecule has 0 spiro atoms. The molecular weight excluding hydrogens is 388 g/mol. The van der Waals surface area contributed by atoms with E-state index in [0.29, 0.717) is 29.7 Å². The molecular formula is C23H31ClN2O3. The topological polar surface area (TPSA) is 43.0 Å². The summed E-state index contributed by atoms with van der Waals surface area (Å²) in [6, 6.07) is 12.0. The molecule has 1 fully saturated rings. The summed E-state index contributed by atoms with van der Waals surface area (Å²) in [6.45, 7) is 9.08. The molecule has 29 heavy (non-hydrogen) atoms. The third-order valence-electron chi connectivity index (χ3n) is 5.22. The van der Waals surface area contributed by atoms with Gasteiger partial charge in [0.05, 0.1) is 20.3 Å². The molecule has 0 saturated carbocycles. The first-order valence-corrected chi connectivity index (χ1v) is 10.6. The van der Waals surface area contributed by atoms with E-state index >= 15 is 0 Å². The number of hydrogen-bond donors (Lipinski definition) is 1. The SMILES string of the molecule is COc1cc(CNCCCN2CCOCC2)c(Cl)cc1OCc1ccccc1C. The van der Waals surface area contributed by atoms with Crippen LogP contribution in [0, 0.1) is 6.92 Å². The summed E-state index contributed by atoms with van der Waals surface area (Å²) in [6.07, 6.45) is 1.10. The molecule has 6 heteroatoms. The van der Waals surface area contributed by atoms with Gasteiger partial charge in [0, 0.05) is 30.7 Å². The zero-order chi connectivity index (χ0) is 20.5. The van der Waals surface area contributed by atoms with Crippen molar-refractivity contribution < 1.29 is 14.2 Å². The van der Waals surface area contributed by atoms with Crippen molar-refractivity contribution in [2.45, 2.75) is 26.5 Å². The third kappa shape index (κ3) is 6.61. The first kappa shape index (κ1) is 21.9. The first-order valence-electron chi connectivity index (χ1n) is 10.2. The van der Waals surface area contributed by atoms with Gasteiger partial charge in [0.25, 0.3) is 0 Å². The van der Waals surface area contributed by atoms with Crippen molar-refractivity contribution in [1.82, 2.24) is 10.2 Å². The summed E-state index contributed by atoms with van der Waals surface area (Å²) >= 11 is 6.51. The molecule has 1 N–H and O–H groups in total. The summed E-state index contributed by atoms with van der Waals surface area (Å²) in [5, 5.41) is 4.17. The number of halogens is 1. The van der Waals surface area contributed by atoms with Crippen molar-refractivity contribution in [1.29, 1.82) is 0 Å². The highest BCUT2D eigenvalue weighted by atomic mass is 35.5. The average Bonchev–Trinajstić information content (AvgIpc) is 2.74. The van der Waals surface area contributed by atoms with E-state index < -0.39 is 0 Å². The van der Waals surface area contributed by atoms with E-state index in [4.69, 9.17) is 25.8 Å². The van der Waals surface area contributed by atoms with Gasteiger partial charge in [-0.1, -0.05) is 35.9 Å². The van der Waals surface area contributed by atoms with E-state index in [1.165, 1.54) is 5.56 Å². The fourth-order valence-corrected chi connectivity index (χ4v) is 3.61. The van der Waals surface area contributed by atoms with Crippen LogP contribution in [0.25, 0.3) is 0 Å². The lowest BCUT2D eigenvalue weighted by Gasteiger charge is -2.26. The molecule has 2 aromatic carbocycles. The third-order valence-corrected chi connectivity index (χ3v) is 5.58. The minimum atomic E-state index is 0.485. The number of morpholine rings is 1. The Labute approximate surface area is 178 Å². The Morgan fingerprint density at radius 3 is 2.66 bits per heavy atom. The smallest absolute Gasteiger partial charge is 0.163 e. The second-order valence-electron chi connectivity index (χ2n) is 7.29. The quantitative estimate of drug-likeness (QED) is 0.589. The highest BCUT2D eigenvalue weighted by Gasteiger charge is 2.12. The predicted molar refractivity (Wildman–Crippen MR) is 117 cm³/mol. The lowest BCUT2D eigenvalue weighted by molar-refractivity contribution is 0.0374. The predicted octanol–water partition coefficient (Wildman–Crippen LogP) is 4.05. The Morgan fingerprint density at radius 2 is 1.90 bits per heavy atom. The molecule has 0 aromatic heterocycles. The van der Waals surface area contributed by atoms with E-state index in [0.717, 1.165) is 56.9 Å². The van der Waals surface area contributed by atoms with Crippen LogP contribution in [0.1, 0.15) is 23.1 Å². The Hall–Kier alpha value is -1.79. The summed E-state index contributed by atoms with van der Waals surface area (Å²) < 4.78 is 16.9. The van der Waals surface area contributed by atoms with E-state index in [2.05, 4.69) is 29.3 Å². The van der Waals surface area contributed by atoms with Crippen molar-refractivity contribution in [3.63, 3.8) is 0 Å². The van der Waals surface area contributed by atoms with Gasteiger partial charge in [-0.25, -0.2) is 0 Å². The van der Waals surface area contributed by atoms with Crippen molar-refractivity contribution >= 4 is 11.6 Å². The molecule has 0 aliphatic carbocycles. The molecule has 0 amide bonds. The molecule has 3 rings (SSSR count).